The van der Waals surface area contributed by atoms with Crippen LogP contribution in [0, 0.1) is 0 Å². The fourth-order valence-corrected chi connectivity index (χ4v) is 5.34. The molecule has 0 saturated carbocycles. The molecule has 39 heavy (non-hydrogen) atoms. The molecule has 0 aliphatic rings. The number of nitrogens with zero attached hydrogens (tertiary/aromatic N) is 4. The Morgan fingerprint density at radius 3 is 2.31 bits per heavy atom. The predicted molar refractivity (Wildman–Crippen MR) is 157 cm³/mol. The van der Waals surface area contributed by atoms with Crippen LogP contribution in [0.1, 0.15) is 5.56 Å². The van der Waals surface area contributed by atoms with Crippen LogP contribution in [-0.2, 0) is 7.05 Å². The lowest BCUT2D eigenvalue weighted by atomic mass is 10.1. The highest BCUT2D eigenvalue weighted by atomic mass is 16.3. The number of phenols is 1. The van der Waals surface area contributed by atoms with Gasteiger partial charge in [-0.1, -0.05) is 66.7 Å². The quantitative estimate of drug-likeness (QED) is 0.197. The van der Waals surface area contributed by atoms with Crippen molar-refractivity contribution in [1.29, 1.82) is 0 Å². The Balaban J connectivity index is 1.31. The van der Waals surface area contributed by atoms with Crippen molar-refractivity contribution in [3.63, 3.8) is 0 Å². The Hall–Kier alpha value is -5.29. The smallest absolute Gasteiger partial charge is 0.239 e. The first-order valence-corrected chi connectivity index (χ1v) is 12.9. The standard InChI is InChI=1S/C34H24N4O/c1-37-33(25-9-3-2-4-10-25)22-34-29(30-21-27(39)18-19-32(30)38(34)37)20-23-14-16-26(17-15-23)35-36-31-13-7-11-24-8-5-6-12-28(24)31/h2-22H,1H3/p+1. The molecule has 5 nitrogen and oxygen atoms in total. The molecular formula is C34H25N4O+. The summed E-state index contributed by atoms with van der Waals surface area (Å²) in [4.78, 5) is 0. The third-order valence-electron chi connectivity index (χ3n) is 7.24. The number of hydrogen-bond donors (Lipinski definition) is 1. The van der Waals surface area contributed by atoms with E-state index in [0.717, 1.165) is 60.6 Å². The topological polar surface area (TPSA) is 53.2 Å². The summed E-state index contributed by atoms with van der Waals surface area (Å²) in [6, 6.07) is 40.5. The second-order valence-electron chi connectivity index (χ2n) is 9.67. The van der Waals surface area contributed by atoms with Gasteiger partial charge >= 0.3 is 0 Å². The van der Waals surface area contributed by atoms with Crippen molar-refractivity contribution in [2.75, 3.05) is 0 Å². The van der Waals surface area contributed by atoms with Gasteiger partial charge in [0.1, 0.15) is 16.8 Å². The zero-order valence-corrected chi connectivity index (χ0v) is 21.4. The molecule has 0 unspecified atom stereocenters. The van der Waals surface area contributed by atoms with Crippen LogP contribution in [0.25, 0.3) is 44.5 Å². The first-order valence-electron chi connectivity index (χ1n) is 12.9. The molecule has 7 aromatic rings. The maximum atomic E-state index is 10.3. The van der Waals surface area contributed by atoms with Crippen LogP contribution < -0.4 is 9.90 Å². The molecule has 1 N–H and O–H groups in total. The summed E-state index contributed by atoms with van der Waals surface area (Å²) >= 11 is 0. The fourth-order valence-electron chi connectivity index (χ4n) is 5.34. The van der Waals surface area contributed by atoms with Gasteiger partial charge in [-0.3, -0.25) is 0 Å². The minimum absolute atomic E-state index is 0.250. The molecule has 0 spiro atoms. The molecule has 0 aliphatic heterocycles. The fraction of sp³-hybridized carbons (Fsp3) is 0.0294. The Morgan fingerprint density at radius 2 is 1.46 bits per heavy atom. The van der Waals surface area contributed by atoms with Gasteiger partial charge in [0.15, 0.2) is 7.05 Å². The summed E-state index contributed by atoms with van der Waals surface area (Å²) < 4.78 is 4.37. The van der Waals surface area contributed by atoms with Gasteiger partial charge in [-0.05, 0) is 65.6 Å². The van der Waals surface area contributed by atoms with Crippen LogP contribution in [0.5, 0.6) is 5.75 Å². The maximum Gasteiger partial charge on any atom is 0.239 e. The highest BCUT2D eigenvalue weighted by Gasteiger charge is 2.22. The molecule has 5 aromatic carbocycles. The first kappa shape index (κ1) is 22.9. The zero-order valence-electron chi connectivity index (χ0n) is 21.4. The Bertz CT molecular complexity index is 2070. The zero-order chi connectivity index (χ0) is 26.3. The maximum absolute atomic E-state index is 10.3. The second kappa shape index (κ2) is 9.23. The molecule has 0 fully saturated rings. The van der Waals surface area contributed by atoms with E-state index in [4.69, 9.17) is 0 Å². The lowest BCUT2D eigenvalue weighted by Gasteiger charge is -2.00. The Labute approximate surface area is 225 Å². The number of aromatic nitrogens is 2. The first-order chi connectivity index (χ1) is 19.2. The van der Waals surface area contributed by atoms with Gasteiger partial charge in [0.05, 0.1) is 11.4 Å². The highest BCUT2D eigenvalue weighted by molar-refractivity contribution is 5.92. The third kappa shape index (κ3) is 4.01. The van der Waals surface area contributed by atoms with Crippen LogP contribution in [-0.4, -0.2) is 9.62 Å². The van der Waals surface area contributed by atoms with Crippen LogP contribution in [0.2, 0.25) is 0 Å². The van der Waals surface area contributed by atoms with Crippen molar-refractivity contribution in [3.8, 4) is 17.0 Å². The van der Waals surface area contributed by atoms with Gasteiger partial charge in [-0.2, -0.15) is 5.11 Å². The number of phenolic OH excluding ortho intramolecular Hbond substituents is 1. The van der Waals surface area contributed by atoms with E-state index in [1.165, 1.54) is 0 Å². The molecule has 0 atom stereocenters. The van der Waals surface area contributed by atoms with Crippen molar-refractivity contribution in [3.05, 3.63) is 132 Å². The summed E-state index contributed by atoms with van der Waals surface area (Å²) in [5.41, 5.74) is 7.08. The van der Waals surface area contributed by atoms with Crippen molar-refractivity contribution in [2.24, 2.45) is 17.3 Å². The lowest BCUT2D eigenvalue weighted by molar-refractivity contribution is -0.725. The molecular weight excluding hydrogens is 480 g/mol. The minimum Gasteiger partial charge on any atom is -0.508 e. The number of rotatable bonds is 4. The van der Waals surface area contributed by atoms with Crippen LogP contribution in [0.15, 0.2) is 132 Å². The van der Waals surface area contributed by atoms with E-state index < -0.39 is 0 Å². The van der Waals surface area contributed by atoms with Gasteiger partial charge in [0.25, 0.3) is 0 Å². The van der Waals surface area contributed by atoms with Gasteiger partial charge < -0.3 is 5.11 Å². The van der Waals surface area contributed by atoms with E-state index in [2.05, 4.69) is 93.2 Å². The van der Waals surface area contributed by atoms with E-state index in [1.807, 2.05) is 54.6 Å². The Morgan fingerprint density at radius 1 is 0.692 bits per heavy atom. The molecule has 2 aromatic heterocycles. The SMILES string of the molecule is C[n+]1c(-c2ccccc2)cc2/c(=C\c3ccc(/N=N/c4cccc5ccccc45)cc3)c3cc(O)ccc3n21. The van der Waals surface area contributed by atoms with Crippen LogP contribution in [0.3, 0.4) is 0 Å². The van der Waals surface area contributed by atoms with Crippen molar-refractivity contribution >= 4 is 44.6 Å². The molecule has 0 aliphatic carbocycles. The average Bonchev–Trinajstić information content (AvgIpc) is 3.47. The van der Waals surface area contributed by atoms with Gasteiger partial charge in [-0.25, -0.2) is 0 Å². The third-order valence-corrected chi connectivity index (χ3v) is 7.24. The van der Waals surface area contributed by atoms with Crippen molar-refractivity contribution < 1.29 is 9.79 Å². The monoisotopic (exact) mass is 505 g/mol. The van der Waals surface area contributed by atoms with E-state index in [0.29, 0.717) is 0 Å². The predicted octanol–water partition coefficient (Wildman–Crippen LogP) is 7.41. The second-order valence-corrected chi connectivity index (χ2v) is 9.67. The summed E-state index contributed by atoms with van der Waals surface area (Å²) in [5.74, 6) is 0.250. The lowest BCUT2D eigenvalue weighted by Crippen LogP contribution is -2.36. The van der Waals surface area contributed by atoms with E-state index in [-0.39, 0.29) is 5.75 Å². The van der Waals surface area contributed by atoms with Gasteiger partial charge in [-0.15, -0.1) is 14.3 Å². The van der Waals surface area contributed by atoms with Crippen LogP contribution >= 0.6 is 0 Å². The number of aryl methyl sites for hydroxylation is 1. The highest BCUT2D eigenvalue weighted by Crippen LogP contribution is 2.28. The summed E-state index contributed by atoms with van der Waals surface area (Å²) in [7, 11) is 2.07. The number of hydrogen-bond acceptors (Lipinski definition) is 3. The van der Waals surface area contributed by atoms with E-state index >= 15 is 0 Å². The molecule has 186 valence electrons. The normalized spacial score (nSPS) is 12.4. The van der Waals surface area contributed by atoms with Crippen molar-refractivity contribution in [1.82, 2.24) is 4.52 Å². The molecule has 5 heteroatoms. The molecule has 2 heterocycles. The van der Waals surface area contributed by atoms with E-state index in [1.54, 1.807) is 6.07 Å². The Kier molecular flexibility index (Phi) is 5.41. The molecule has 0 saturated heterocycles. The molecule has 0 amide bonds. The molecule has 7 rings (SSSR count). The number of fused-ring (bicyclic) bond motifs is 4. The molecule has 0 bridgehead atoms. The van der Waals surface area contributed by atoms with Gasteiger partial charge in [0, 0.05) is 27.6 Å². The van der Waals surface area contributed by atoms with Crippen molar-refractivity contribution in [2.45, 2.75) is 0 Å². The summed E-state index contributed by atoms with van der Waals surface area (Å²) in [6.45, 7) is 0. The largest absolute Gasteiger partial charge is 0.508 e. The summed E-state index contributed by atoms with van der Waals surface area (Å²) in [6.07, 6.45) is 2.16. The van der Waals surface area contributed by atoms with Crippen LogP contribution in [0.4, 0.5) is 11.4 Å². The summed E-state index contributed by atoms with van der Waals surface area (Å²) in [5, 5.41) is 23.6. The number of benzene rings is 5. The average molecular weight is 506 g/mol. The molecule has 0 radical (unpaired) electrons. The minimum atomic E-state index is 0.250. The van der Waals surface area contributed by atoms with Gasteiger partial charge in [0.2, 0.25) is 5.69 Å². The van der Waals surface area contributed by atoms with E-state index in [9.17, 15) is 5.11 Å². The number of azo groups is 1. The number of aromatic hydroxyl groups is 1.